The molecule has 0 aromatic carbocycles. The fraction of sp³-hybridized carbons (Fsp3) is 1.00. The molecule has 0 aromatic heterocycles. The van der Waals surface area contributed by atoms with Gasteiger partial charge in [0.15, 0.2) is 0 Å². The van der Waals surface area contributed by atoms with Crippen molar-refractivity contribution in [1.29, 1.82) is 0 Å². The fourth-order valence-electron chi connectivity index (χ4n) is 2.81. The van der Waals surface area contributed by atoms with Crippen LogP contribution in [0.1, 0.15) is 39.5 Å². The molecule has 1 fully saturated rings. The summed E-state index contributed by atoms with van der Waals surface area (Å²) in [7, 11) is -0.790. The lowest BCUT2D eigenvalue weighted by atomic mass is 9.93. The Labute approximate surface area is 99.9 Å². The fourth-order valence-corrected chi connectivity index (χ4v) is 4.29. The van der Waals surface area contributed by atoms with Crippen LogP contribution in [0.2, 0.25) is 0 Å². The summed E-state index contributed by atoms with van der Waals surface area (Å²) >= 11 is 0. The van der Waals surface area contributed by atoms with Crippen LogP contribution in [0.15, 0.2) is 0 Å². The molecule has 3 unspecified atom stereocenters. The molecule has 1 aliphatic rings. The summed E-state index contributed by atoms with van der Waals surface area (Å²) in [6.45, 7) is 4.16. The molecule has 0 amide bonds. The van der Waals surface area contributed by atoms with Gasteiger partial charge in [-0.1, -0.05) is 13.8 Å². The highest BCUT2D eigenvalue weighted by Crippen LogP contribution is 2.34. The van der Waals surface area contributed by atoms with Gasteiger partial charge in [-0.15, -0.1) is 0 Å². The predicted octanol–water partition coefficient (Wildman–Crippen LogP) is 1.84. The molecule has 1 rings (SSSR count). The van der Waals surface area contributed by atoms with Crippen LogP contribution in [0.25, 0.3) is 0 Å². The van der Waals surface area contributed by atoms with Gasteiger partial charge >= 0.3 is 0 Å². The van der Waals surface area contributed by atoms with E-state index in [9.17, 15) is 8.42 Å². The molecule has 96 valence electrons. The smallest absolute Gasteiger partial charge is 0.150 e. The number of nitrogens with one attached hydrogen (secondary N) is 1. The summed E-state index contributed by atoms with van der Waals surface area (Å²) in [5, 5.41) is 3.32. The molecule has 0 spiro atoms. The predicted molar refractivity (Wildman–Crippen MR) is 68.3 cm³/mol. The average Bonchev–Trinajstić information content (AvgIpc) is 2.56. The quantitative estimate of drug-likeness (QED) is 0.779. The molecular formula is C12H25NO2S. The molecule has 1 saturated carbocycles. The maximum absolute atomic E-state index is 11.6. The SMILES string of the molecule is CCCS(=O)(=O)CCC1CCC(NC)C1C. The third-order valence-corrected chi connectivity index (χ3v) is 5.80. The lowest BCUT2D eigenvalue weighted by Crippen LogP contribution is -2.29. The summed E-state index contributed by atoms with van der Waals surface area (Å²) < 4.78 is 23.3. The van der Waals surface area contributed by atoms with Crippen LogP contribution < -0.4 is 5.32 Å². The Balaban J connectivity index is 2.39. The van der Waals surface area contributed by atoms with Gasteiger partial charge in [0.2, 0.25) is 0 Å². The molecule has 3 nitrogen and oxygen atoms in total. The van der Waals surface area contributed by atoms with Crippen molar-refractivity contribution < 1.29 is 8.42 Å². The number of hydrogen-bond donors (Lipinski definition) is 1. The van der Waals surface area contributed by atoms with Crippen LogP contribution >= 0.6 is 0 Å². The monoisotopic (exact) mass is 247 g/mol. The van der Waals surface area contributed by atoms with Gasteiger partial charge in [-0.2, -0.15) is 0 Å². The van der Waals surface area contributed by atoms with Crippen molar-refractivity contribution in [2.24, 2.45) is 11.8 Å². The second-order valence-corrected chi connectivity index (χ2v) is 7.34. The first-order valence-electron chi connectivity index (χ1n) is 6.38. The number of rotatable bonds is 6. The van der Waals surface area contributed by atoms with Crippen LogP contribution in [0.4, 0.5) is 0 Å². The van der Waals surface area contributed by atoms with Crippen LogP contribution in [-0.2, 0) is 9.84 Å². The highest BCUT2D eigenvalue weighted by molar-refractivity contribution is 7.91. The largest absolute Gasteiger partial charge is 0.317 e. The van der Waals surface area contributed by atoms with Crippen molar-refractivity contribution in [1.82, 2.24) is 5.32 Å². The second kappa shape index (κ2) is 6.01. The van der Waals surface area contributed by atoms with E-state index in [2.05, 4.69) is 12.2 Å². The molecule has 1 N–H and O–H groups in total. The second-order valence-electron chi connectivity index (χ2n) is 5.03. The lowest BCUT2D eigenvalue weighted by molar-refractivity contribution is 0.358. The zero-order valence-corrected chi connectivity index (χ0v) is 11.5. The van der Waals surface area contributed by atoms with Gasteiger partial charge in [-0.25, -0.2) is 8.42 Å². The molecule has 3 atom stereocenters. The lowest BCUT2D eigenvalue weighted by Gasteiger charge is -2.20. The molecule has 0 radical (unpaired) electrons. The Morgan fingerprint density at radius 1 is 1.25 bits per heavy atom. The van der Waals surface area contributed by atoms with E-state index in [0.717, 1.165) is 12.8 Å². The van der Waals surface area contributed by atoms with Crippen LogP contribution in [0, 0.1) is 11.8 Å². The molecule has 4 heteroatoms. The summed E-state index contributed by atoms with van der Waals surface area (Å²) in [6, 6.07) is 0.582. The van der Waals surface area contributed by atoms with Gasteiger partial charge in [-0.05, 0) is 44.6 Å². The van der Waals surface area contributed by atoms with Crippen LogP contribution in [0.3, 0.4) is 0 Å². The van der Waals surface area contributed by atoms with Gasteiger partial charge < -0.3 is 5.32 Å². The zero-order valence-electron chi connectivity index (χ0n) is 10.7. The van der Waals surface area contributed by atoms with Crippen molar-refractivity contribution in [2.45, 2.75) is 45.6 Å². The minimum Gasteiger partial charge on any atom is -0.317 e. The van der Waals surface area contributed by atoms with Gasteiger partial charge in [0.25, 0.3) is 0 Å². The summed E-state index contributed by atoms with van der Waals surface area (Å²) in [5.74, 6) is 1.93. The van der Waals surface area contributed by atoms with E-state index in [1.54, 1.807) is 0 Å². The first-order valence-corrected chi connectivity index (χ1v) is 8.20. The average molecular weight is 247 g/mol. The van der Waals surface area contributed by atoms with E-state index < -0.39 is 9.84 Å². The minimum atomic E-state index is -2.79. The highest BCUT2D eigenvalue weighted by atomic mass is 32.2. The van der Waals surface area contributed by atoms with E-state index in [4.69, 9.17) is 0 Å². The number of hydrogen-bond acceptors (Lipinski definition) is 3. The van der Waals surface area contributed by atoms with E-state index in [1.165, 1.54) is 12.8 Å². The van der Waals surface area contributed by atoms with E-state index in [-0.39, 0.29) is 0 Å². The van der Waals surface area contributed by atoms with Crippen molar-refractivity contribution >= 4 is 9.84 Å². The Hall–Kier alpha value is -0.0900. The van der Waals surface area contributed by atoms with Gasteiger partial charge in [0.05, 0.1) is 5.75 Å². The van der Waals surface area contributed by atoms with E-state index >= 15 is 0 Å². The molecule has 1 aliphatic carbocycles. The third kappa shape index (κ3) is 3.74. The van der Waals surface area contributed by atoms with E-state index in [0.29, 0.717) is 29.4 Å². The maximum Gasteiger partial charge on any atom is 0.150 e. The van der Waals surface area contributed by atoms with Crippen LogP contribution in [0.5, 0.6) is 0 Å². The maximum atomic E-state index is 11.6. The molecule has 0 saturated heterocycles. The summed E-state index contributed by atoms with van der Waals surface area (Å²) in [4.78, 5) is 0. The molecular weight excluding hydrogens is 222 g/mol. The Kier molecular flexibility index (Phi) is 5.25. The molecule has 0 heterocycles. The summed E-state index contributed by atoms with van der Waals surface area (Å²) in [5.41, 5.74) is 0. The van der Waals surface area contributed by atoms with Gasteiger partial charge in [0, 0.05) is 11.8 Å². The Bertz CT molecular complexity index is 300. The van der Waals surface area contributed by atoms with Crippen molar-refractivity contribution in [3.8, 4) is 0 Å². The van der Waals surface area contributed by atoms with Gasteiger partial charge in [-0.3, -0.25) is 0 Å². The highest BCUT2D eigenvalue weighted by Gasteiger charge is 2.32. The first kappa shape index (κ1) is 14.0. The van der Waals surface area contributed by atoms with Crippen molar-refractivity contribution in [3.63, 3.8) is 0 Å². The van der Waals surface area contributed by atoms with Crippen molar-refractivity contribution in [2.75, 3.05) is 18.6 Å². The normalized spacial score (nSPS) is 30.8. The molecule has 0 aromatic rings. The zero-order chi connectivity index (χ0) is 12.2. The van der Waals surface area contributed by atoms with Gasteiger partial charge in [0.1, 0.15) is 9.84 Å². The Morgan fingerprint density at radius 3 is 2.44 bits per heavy atom. The minimum absolute atomic E-state index is 0.351. The van der Waals surface area contributed by atoms with Crippen LogP contribution in [-0.4, -0.2) is 33.0 Å². The third-order valence-electron chi connectivity index (χ3n) is 3.91. The molecule has 16 heavy (non-hydrogen) atoms. The summed E-state index contributed by atoms with van der Waals surface area (Å²) in [6.07, 6.45) is 3.95. The standard InChI is InChI=1S/C12H25NO2S/c1-4-8-16(14,15)9-7-11-5-6-12(13-3)10(11)2/h10-13H,4-9H2,1-3H3. The number of sulfone groups is 1. The molecule has 0 bridgehead atoms. The van der Waals surface area contributed by atoms with Crippen molar-refractivity contribution in [3.05, 3.63) is 0 Å². The topological polar surface area (TPSA) is 46.2 Å². The van der Waals surface area contributed by atoms with E-state index in [1.807, 2.05) is 14.0 Å². The first-order chi connectivity index (χ1) is 7.50. The Morgan fingerprint density at radius 2 is 1.94 bits per heavy atom. The molecule has 0 aliphatic heterocycles.